The second-order valence-corrected chi connectivity index (χ2v) is 8.58. The van der Waals surface area contributed by atoms with Crippen LogP contribution in [0.4, 0.5) is 8.78 Å². The van der Waals surface area contributed by atoms with Gasteiger partial charge in [-0.05, 0) is 31.2 Å². The number of carbonyl (C=O) groups is 1. The highest BCUT2D eigenvalue weighted by Crippen LogP contribution is 2.22. The maximum absolute atomic E-state index is 13.9. The molecule has 1 fully saturated rings. The number of nitrogens with zero attached hydrogens (tertiary/aromatic N) is 3. The van der Waals surface area contributed by atoms with Crippen molar-refractivity contribution in [2.45, 2.75) is 17.9 Å². The van der Waals surface area contributed by atoms with E-state index in [0.29, 0.717) is 11.6 Å². The van der Waals surface area contributed by atoms with Gasteiger partial charge in [-0.2, -0.15) is 9.57 Å². The van der Waals surface area contributed by atoms with E-state index in [1.807, 2.05) is 6.07 Å². The third-order valence-electron chi connectivity index (χ3n) is 4.72. The van der Waals surface area contributed by atoms with E-state index in [4.69, 9.17) is 10.00 Å². The summed E-state index contributed by atoms with van der Waals surface area (Å²) in [6, 6.07) is 10.8. The predicted molar refractivity (Wildman–Crippen MR) is 103 cm³/mol. The molecule has 0 aliphatic carbocycles. The molecule has 2 aromatic rings. The Hall–Kier alpha value is -3.03. The normalized spacial score (nSPS) is 16.0. The number of para-hydroxylation sites is 1. The summed E-state index contributed by atoms with van der Waals surface area (Å²) < 4.78 is 59.0. The van der Waals surface area contributed by atoms with Gasteiger partial charge in [-0.1, -0.05) is 12.1 Å². The summed E-state index contributed by atoms with van der Waals surface area (Å²) >= 11 is 0. The minimum Gasteiger partial charge on any atom is -0.480 e. The average molecular weight is 435 g/mol. The summed E-state index contributed by atoms with van der Waals surface area (Å²) in [7, 11) is -4.15. The summed E-state index contributed by atoms with van der Waals surface area (Å²) in [4.78, 5) is 13.5. The summed E-state index contributed by atoms with van der Waals surface area (Å²) in [6.45, 7) is 1.66. The van der Waals surface area contributed by atoms with Crippen molar-refractivity contribution in [3.05, 3.63) is 59.7 Å². The van der Waals surface area contributed by atoms with Gasteiger partial charge in [0.1, 0.15) is 28.3 Å². The first-order valence-corrected chi connectivity index (χ1v) is 10.6. The molecule has 1 amide bonds. The van der Waals surface area contributed by atoms with Crippen LogP contribution in [0.15, 0.2) is 47.4 Å². The Labute approximate surface area is 173 Å². The van der Waals surface area contributed by atoms with E-state index < -0.39 is 32.7 Å². The van der Waals surface area contributed by atoms with E-state index in [2.05, 4.69) is 0 Å². The molecule has 0 spiro atoms. The quantitative estimate of drug-likeness (QED) is 0.718. The molecule has 1 aliphatic heterocycles. The van der Waals surface area contributed by atoms with E-state index in [1.165, 1.54) is 4.90 Å². The van der Waals surface area contributed by atoms with E-state index in [0.717, 1.165) is 16.4 Å². The Kier molecular flexibility index (Phi) is 6.34. The molecule has 1 heterocycles. The first-order chi connectivity index (χ1) is 14.2. The largest absolute Gasteiger partial charge is 0.480 e. The van der Waals surface area contributed by atoms with Gasteiger partial charge in [0.05, 0.1) is 5.56 Å². The van der Waals surface area contributed by atoms with Gasteiger partial charge in [-0.15, -0.1) is 0 Å². The number of nitriles is 1. The molecule has 0 N–H and O–H groups in total. The topological polar surface area (TPSA) is 90.7 Å². The summed E-state index contributed by atoms with van der Waals surface area (Å²) in [5.41, 5.74) is 0.300. The molecule has 0 aromatic heterocycles. The fraction of sp³-hybridized carbons (Fsp3) is 0.300. The molecule has 1 saturated heterocycles. The molecule has 158 valence electrons. The van der Waals surface area contributed by atoms with Crippen molar-refractivity contribution >= 4 is 15.9 Å². The molecule has 2 aromatic carbocycles. The Morgan fingerprint density at radius 1 is 1.13 bits per heavy atom. The second-order valence-electron chi connectivity index (χ2n) is 6.67. The lowest BCUT2D eigenvalue weighted by atomic mass is 10.2. The highest BCUT2D eigenvalue weighted by atomic mass is 32.2. The van der Waals surface area contributed by atoms with Crippen LogP contribution in [0.25, 0.3) is 0 Å². The van der Waals surface area contributed by atoms with Gasteiger partial charge in [0.15, 0.2) is 6.10 Å². The van der Waals surface area contributed by atoms with E-state index >= 15 is 0 Å². The predicted octanol–water partition coefficient (Wildman–Crippen LogP) is 2.14. The SMILES string of the molecule is CC(Oc1ccccc1C#N)C(=O)N1CCN(S(=O)(=O)c2ccc(F)cc2F)CC1. The minimum absolute atomic E-state index is 0.0353. The van der Waals surface area contributed by atoms with Crippen molar-refractivity contribution in [1.82, 2.24) is 9.21 Å². The maximum atomic E-state index is 13.9. The number of benzene rings is 2. The van der Waals surface area contributed by atoms with Gasteiger partial charge in [0.25, 0.3) is 5.91 Å². The molecule has 10 heteroatoms. The molecule has 0 radical (unpaired) electrons. The third-order valence-corrected chi connectivity index (χ3v) is 6.65. The van der Waals surface area contributed by atoms with Crippen LogP contribution in [0, 0.1) is 23.0 Å². The van der Waals surface area contributed by atoms with Crippen molar-refractivity contribution in [1.29, 1.82) is 5.26 Å². The Balaban J connectivity index is 1.64. The highest BCUT2D eigenvalue weighted by Gasteiger charge is 2.33. The minimum atomic E-state index is -4.15. The highest BCUT2D eigenvalue weighted by molar-refractivity contribution is 7.89. The molecular weight excluding hydrogens is 416 g/mol. The van der Waals surface area contributed by atoms with Crippen molar-refractivity contribution in [2.24, 2.45) is 0 Å². The number of piperazine rings is 1. The fourth-order valence-electron chi connectivity index (χ4n) is 3.13. The third kappa shape index (κ3) is 4.42. The summed E-state index contributed by atoms with van der Waals surface area (Å²) in [5, 5.41) is 9.12. The molecule has 0 saturated carbocycles. The first kappa shape index (κ1) is 21.7. The lowest BCUT2D eigenvalue weighted by Crippen LogP contribution is -2.53. The average Bonchev–Trinajstić information content (AvgIpc) is 2.73. The Morgan fingerprint density at radius 3 is 2.43 bits per heavy atom. The van der Waals surface area contributed by atoms with E-state index in [9.17, 15) is 22.0 Å². The molecule has 30 heavy (non-hydrogen) atoms. The number of rotatable bonds is 5. The zero-order valence-corrected chi connectivity index (χ0v) is 16.9. The van der Waals surface area contributed by atoms with Crippen LogP contribution in [0.2, 0.25) is 0 Å². The number of sulfonamides is 1. The van der Waals surface area contributed by atoms with Crippen LogP contribution < -0.4 is 4.74 Å². The van der Waals surface area contributed by atoms with Crippen molar-refractivity contribution in [3.8, 4) is 11.8 Å². The lowest BCUT2D eigenvalue weighted by molar-refractivity contribution is -0.139. The number of amides is 1. The molecule has 3 rings (SSSR count). The summed E-state index contributed by atoms with van der Waals surface area (Å²) in [5.74, 6) is -2.10. The van der Waals surface area contributed by atoms with Gasteiger partial charge >= 0.3 is 0 Å². The van der Waals surface area contributed by atoms with E-state index in [-0.39, 0.29) is 37.8 Å². The summed E-state index contributed by atoms with van der Waals surface area (Å²) in [6.07, 6.45) is -0.878. The van der Waals surface area contributed by atoms with Crippen molar-refractivity contribution in [3.63, 3.8) is 0 Å². The number of hydrogen-bond acceptors (Lipinski definition) is 5. The number of carbonyl (C=O) groups excluding carboxylic acids is 1. The molecule has 1 atom stereocenters. The van der Waals surface area contributed by atoms with Gasteiger partial charge in [-0.3, -0.25) is 4.79 Å². The van der Waals surface area contributed by atoms with Crippen LogP contribution in [-0.2, 0) is 14.8 Å². The Morgan fingerprint density at radius 2 is 1.80 bits per heavy atom. The van der Waals surface area contributed by atoms with Gasteiger partial charge < -0.3 is 9.64 Å². The van der Waals surface area contributed by atoms with Crippen molar-refractivity contribution < 1.29 is 26.7 Å². The lowest BCUT2D eigenvalue weighted by Gasteiger charge is -2.35. The van der Waals surface area contributed by atoms with Crippen LogP contribution in [0.5, 0.6) is 5.75 Å². The number of ether oxygens (including phenoxy) is 1. The number of hydrogen-bond donors (Lipinski definition) is 0. The second kappa shape index (κ2) is 8.77. The van der Waals surface area contributed by atoms with Crippen molar-refractivity contribution in [2.75, 3.05) is 26.2 Å². The smallest absolute Gasteiger partial charge is 0.263 e. The van der Waals surface area contributed by atoms with Crippen LogP contribution in [-0.4, -0.2) is 55.8 Å². The molecule has 1 aliphatic rings. The zero-order chi connectivity index (χ0) is 21.9. The van der Waals surface area contributed by atoms with E-state index in [1.54, 1.807) is 31.2 Å². The fourth-order valence-corrected chi connectivity index (χ4v) is 4.60. The molecule has 1 unspecified atom stereocenters. The monoisotopic (exact) mass is 435 g/mol. The molecular formula is C20H19F2N3O4S. The molecule has 0 bridgehead atoms. The van der Waals surface area contributed by atoms with Gasteiger partial charge in [-0.25, -0.2) is 17.2 Å². The van der Waals surface area contributed by atoms with Gasteiger partial charge in [0.2, 0.25) is 10.0 Å². The number of halogens is 2. The standard InChI is InChI=1S/C20H19F2N3O4S/c1-14(29-18-5-3-2-4-15(18)13-23)20(26)24-8-10-25(11-9-24)30(27,28)19-7-6-16(21)12-17(19)22/h2-7,12,14H,8-11H2,1H3. The maximum Gasteiger partial charge on any atom is 0.263 e. The first-order valence-electron chi connectivity index (χ1n) is 9.14. The van der Waals surface area contributed by atoms with Gasteiger partial charge in [0, 0.05) is 32.2 Å². The van der Waals surface area contributed by atoms with Crippen LogP contribution >= 0.6 is 0 Å². The zero-order valence-electron chi connectivity index (χ0n) is 16.1. The molecule has 7 nitrogen and oxygen atoms in total. The van der Waals surface area contributed by atoms with Crippen LogP contribution in [0.1, 0.15) is 12.5 Å². The Bertz CT molecular complexity index is 1090. The van der Waals surface area contributed by atoms with Crippen LogP contribution in [0.3, 0.4) is 0 Å².